The largest absolute Gasteiger partial charge is 0.495 e. The van der Waals surface area contributed by atoms with Crippen molar-refractivity contribution in [1.29, 1.82) is 0 Å². The maximum atomic E-state index is 6.16. The van der Waals surface area contributed by atoms with Gasteiger partial charge < -0.3 is 19.7 Å². The molecule has 2 aliphatic rings. The molecule has 8 nitrogen and oxygen atoms in total. The molecule has 2 fully saturated rings. The lowest BCUT2D eigenvalue weighted by atomic mass is 9.75. The Balaban J connectivity index is 1.10. The first kappa shape index (κ1) is 24.6. The second-order valence-electron chi connectivity index (χ2n) is 10.8. The molecular formula is C32H32N6O2. The van der Waals surface area contributed by atoms with Crippen LogP contribution >= 0.6 is 0 Å². The molecule has 0 spiro atoms. The van der Waals surface area contributed by atoms with Crippen LogP contribution in [0, 0.1) is 11.8 Å². The highest BCUT2D eigenvalue weighted by Crippen LogP contribution is 2.39. The lowest BCUT2D eigenvalue weighted by molar-refractivity contribution is 0.202. The molecule has 1 aliphatic heterocycles. The summed E-state index contributed by atoms with van der Waals surface area (Å²) in [5, 5.41) is 15.1. The summed E-state index contributed by atoms with van der Waals surface area (Å²) in [4.78, 5) is 11.3. The second kappa shape index (κ2) is 10.6. The van der Waals surface area contributed by atoms with Crippen LogP contribution in [0.2, 0.25) is 0 Å². The Morgan fingerprint density at radius 2 is 1.68 bits per heavy atom. The number of rotatable bonds is 6. The molecule has 1 aliphatic carbocycles. The Kier molecular flexibility index (Phi) is 6.51. The molecule has 4 heterocycles. The Hall–Kier alpha value is -4.46. The minimum atomic E-state index is 0.637. The van der Waals surface area contributed by atoms with E-state index >= 15 is 0 Å². The van der Waals surface area contributed by atoms with Gasteiger partial charge in [-0.05, 0) is 48.9 Å². The Morgan fingerprint density at radius 3 is 2.52 bits per heavy atom. The van der Waals surface area contributed by atoms with Crippen LogP contribution in [0.15, 0.2) is 73.1 Å². The van der Waals surface area contributed by atoms with Crippen LogP contribution in [0.25, 0.3) is 21.8 Å². The zero-order valence-corrected chi connectivity index (χ0v) is 22.6. The zero-order chi connectivity index (χ0) is 26.9. The van der Waals surface area contributed by atoms with Crippen molar-refractivity contribution in [3.63, 3.8) is 0 Å². The molecule has 7 rings (SSSR count). The Labute approximate surface area is 233 Å². The number of ether oxygens (including phenoxy) is 2. The number of piperidine rings is 1. The molecule has 2 aromatic carbocycles. The molecule has 0 amide bonds. The van der Waals surface area contributed by atoms with Crippen LogP contribution in [-0.2, 0) is 0 Å². The van der Waals surface area contributed by atoms with Gasteiger partial charge in [0.1, 0.15) is 17.0 Å². The average molecular weight is 533 g/mol. The molecule has 1 N–H and O–H groups in total. The van der Waals surface area contributed by atoms with E-state index in [1.165, 1.54) is 32.1 Å². The minimum absolute atomic E-state index is 0.637. The summed E-state index contributed by atoms with van der Waals surface area (Å²) in [5.74, 6) is 5.42. The zero-order valence-electron chi connectivity index (χ0n) is 22.6. The summed E-state index contributed by atoms with van der Waals surface area (Å²) in [7, 11) is 1.61. The van der Waals surface area contributed by atoms with Gasteiger partial charge in [-0.3, -0.25) is 4.98 Å². The molecule has 1 saturated carbocycles. The molecule has 0 unspecified atom stereocenters. The van der Waals surface area contributed by atoms with Gasteiger partial charge in [0.2, 0.25) is 0 Å². The first-order chi connectivity index (χ1) is 19.7. The van der Waals surface area contributed by atoms with E-state index in [2.05, 4.69) is 49.5 Å². The van der Waals surface area contributed by atoms with E-state index in [9.17, 15) is 0 Å². The monoisotopic (exact) mass is 532 g/mol. The van der Waals surface area contributed by atoms with E-state index < -0.39 is 0 Å². The van der Waals surface area contributed by atoms with Gasteiger partial charge in [-0.25, -0.2) is 4.98 Å². The highest BCUT2D eigenvalue weighted by Gasteiger charge is 2.32. The number of benzene rings is 2. The number of hydrogen-bond donors (Lipinski definition) is 1. The number of aromatic nitrogens is 4. The van der Waals surface area contributed by atoms with Crippen LogP contribution in [0.1, 0.15) is 32.1 Å². The Bertz CT molecular complexity index is 1660. The maximum absolute atomic E-state index is 6.16. The van der Waals surface area contributed by atoms with E-state index in [1.807, 2.05) is 36.4 Å². The maximum Gasteiger partial charge on any atom is 0.161 e. The fourth-order valence-electron chi connectivity index (χ4n) is 6.26. The van der Waals surface area contributed by atoms with Crippen LogP contribution in [0.4, 0.5) is 17.3 Å². The van der Waals surface area contributed by atoms with Crippen molar-refractivity contribution in [3.05, 3.63) is 73.1 Å². The first-order valence-corrected chi connectivity index (χ1v) is 14.1. The second-order valence-corrected chi connectivity index (χ2v) is 10.8. The number of pyridine rings is 2. The van der Waals surface area contributed by atoms with E-state index in [-0.39, 0.29) is 0 Å². The van der Waals surface area contributed by atoms with Gasteiger partial charge in [0.25, 0.3) is 0 Å². The van der Waals surface area contributed by atoms with Crippen molar-refractivity contribution in [3.8, 4) is 17.2 Å². The molecule has 2 atom stereocenters. The molecule has 1 saturated heterocycles. The van der Waals surface area contributed by atoms with Gasteiger partial charge in [0.05, 0.1) is 18.8 Å². The SMILES string of the molecule is COc1cnc2c(Oc3ccc(Nc4nnc(N5CC[C@@H]6CCCC[C@H]6C5)c5ccccc45)cc3)ccnc2c1. The number of anilines is 3. The van der Waals surface area contributed by atoms with Crippen LogP contribution in [-0.4, -0.2) is 40.4 Å². The summed E-state index contributed by atoms with van der Waals surface area (Å²) >= 11 is 0. The van der Waals surface area contributed by atoms with E-state index in [4.69, 9.17) is 14.6 Å². The third-order valence-electron chi connectivity index (χ3n) is 8.35. The van der Waals surface area contributed by atoms with E-state index in [1.54, 1.807) is 19.5 Å². The number of nitrogens with one attached hydrogen (secondary N) is 1. The topological polar surface area (TPSA) is 85.3 Å². The highest BCUT2D eigenvalue weighted by atomic mass is 16.5. The number of methoxy groups -OCH3 is 1. The van der Waals surface area contributed by atoms with Crippen molar-refractivity contribution in [2.45, 2.75) is 32.1 Å². The van der Waals surface area contributed by atoms with Crippen molar-refractivity contribution in [2.75, 3.05) is 30.4 Å². The van der Waals surface area contributed by atoms with Gasteiger partial charge in [-0.15, -0.1) is 10.2 Å². The molecular weight excluding hydrogens is 500 g/mol. The van der Waals surface area contributed by atoms with Gasteiger partial charge in [0, 0.05) is 47.9 Å². The van der Waals surface area contributed by atoms with Gasteiger partial charge >= 0.3 is 0 Å². The fourth-order valence-corrected chi connectivity index (χ4v) is 6.26. The number of hydrogen-bond acceptors (Lipinski definition) is 8. The van der Waals surface area contributed by atoms with Crippen LogP contribution in [0.3, 0.4) is 0 Å². The molecule has 202 valence electrons. The molecule has 5 aromatic rings. The predicted molar refractivity (Wildman–Crippen MR) is 158 cm³/mol. The highest BCUT2D eigenvalue weighted by molar-refractivity contribution is 5.99. The summed E-state index contributed by atoms with van der Waals surface area (Å²) in [6.07, 6.45) is 10.1. The van der Waals surface area contributed by atoms with Gasteiger partial charge in [0.15, 0.2) is 17.4 Å². The lowest BCUT2D eigenvalue weighted by Crippen LogP contribution is -2.42. The minimum Gasteiger partial charge on any atom is -0.495 e. The normalized spacial score (nSPS) is 18.9. The van der Waals surface area contributed by atoms with E-state index in [0.717, 1.165) is 53.0 Å². The number of nitrogens with zero attached hydrogens (tertiary/aromatic N) is 5. The average Bonchev–Trinajstić information content (AvgIpc) is 3.02. The summed E-state index contributed by atoms with van der Waals surface area (Å²) < 4.78 is 11.4. The summed E-state index contributed by atoms with van der Waals surface area (Å²) in [6.45, 7) is 2.15. The standard InChI is InChI=1S/C32H32N6O2/c1-39-25-18-28-30(34-19-25)29(14-16-33-28)40-24-12-10-23(11-13-24)35-31-26-8-4-5-9-27(26)32(37-36-31)38-17-15-21-6-2-3-7-22(21)20-38/h4-5,8-14,16,18-19,21-22H,2-3,6-7,15,17,20H2,1H3,(H,35,36)/t21-,22-/m0/s1. The van der Waals surface area contributed by atoms with Crippen molar-refractivity contribution >= 4 is 39.1 Å². The van der Waals surface area contributed by atoms with Crippen molar-refractivity contribution in [1.82, 2.24) is 20.2 Å². The smallest absolute Gasteiger partial charge is 0.161 e. The first-order valence-electron chi connectivity index (χ1n) is 14.1. The number of fused-ring (bicyclic) bond motifs is 3. The molecule has 40 heavy (non-hydrogen) atoms. The van der Waals surface area contributed by atoms with Crippen LogP contribution < -0.4 is 19.7 Å². The quantitative estimate of drug-likeness (QED) is 0.247. The predicted octanol–water partition coefficient (Wildman–Crippen LogP) is 7.13. The van der Waals surface area contributed by atoms with E-state index in [0.29, 0.717) is 28.3 Å². The molecule has 0 bridgehead atoms. The third-order valence-corrected chi connectivity index (χ3v) is 8.35. The molecule has 0 radical (unpaired) electrons. The molecule has 8 heteroatoms. The summed E-state index contributed by atoms with van der Waals surface area (Å²) in [5.41, 5.74) is 2.30. The third kappa shape index (κ3) is 4.74. The van der Waals surface area contributed by atoms with Crippen molar-refractivity contribution in [2.24, 2.45) is 11.8 Å². The van der Waals surface area contributed by atoms with Gasteiger partial charge in [-0.2, -0.15) is 0 Å². The molecule has 3 aromatic heterocycles. The van der Waals surface area contributed by atoms with Gasteiger partial charge in [-0.1, -0.05) is 43.5 Å². The summed E-state index contributed by atoms with van der Waals surface area (Å²) in [6, 6.07) is 19.9. The van der Waals surface area contributed by atoms with Crippen LogP contribution in [0.5, 0.6) is 17.2 Å². The lowest BCUT2D eigenvalue weighted by Gasteiger charge is -2.41. The van der Waals surface area contributed by atoms with Crippen molar-refractivity contribution < 1.29 is 9.47 Å². The Morgan fingerprint density at radius 1 is 0.850 bits per heavy atom. The fraction of sp³-hybridized carbons (Fsp3) is 0.312.